The highest BCUT2D eigenvalue weighted by molar-refractivity contribution is 7.99. The van der Waals surface area contributed by atoms with Gasteiger partial charge in [0.25, 0.3) is 0 Å². The lowest BCUT2D eigenvalue weighted by atomic mass is 10.2. The summed E-state index contributed by atoms with van der Waals surface area (Å²) < 4.78 is 7.10. The van der Waals surface area contributed by atoms with E-state index >= 15 is 0 Å². The highest BCUT2D eigenvalue weighted by Crippen LogP contribution is 2.23. The van der Waals surface area contributed by atoms with Gasteiger partial charge in [-0.3, -0.25) is 19.1 Å². The van der Waals surface area contributed by atoms with Crippen LogP contribution in [0.5, 0.6) is 0 Å². The molecule has 3 rings (SSSR count). The molecular weight excluding hydrogens is 392 g/mol. The topological polar surface area (TPSA) is 125 Å². The molecule has 0 saturated heterocycles. The number of nitrogens with one attached hydrogen (secondary N) is 1. The van der Waals surface area contributed by atoms with Crippen molar-refractivity contribution in [2.45, 2.75) is 11.7 Å². The van der Waals surface area contributed by atoms with Gasteiger partial charge in [-0.2, -0.15) is 0 Å². The molecule has 0 aliphatic heterocycles. The summed E-state index contributed by atoms with van der Waals surface area (Å²) in [5.41, 5.74) is 7.06. The summed E-state index contributed by atoms with van der Waals surface area (Å²) in [5.74, 6) is 0.126. The Morgan fingerprint density at radius 2 is 1.86 bits per heavy atom. The average molecular weight is 412 g/mol. The zero-order valence-electron chi connectivity index (χ0n) is 15.7. The number of aromatic nitrogens is 4. The number of carbonyl (C=O) groups excluding carboxylic acids is 2. The van der Waals surface area contributed by atoms with E-state index in [1.165, 1.54) is 11.8 Å². The first kappa shape index (κ1) is 20.5. The number of pyridine rings is 1. The van der Waals surface area contributed by atoms with Crippen LogP contribution in [0, 0.1) is 0 Å². The number of carbonyl (C=O) groups is 2. The van der Waals surface area contributed by atoms with Gasteiger partial charge in [0.1, 0.15) is 0 Å². The summed E-state index contributed by atoms with van der Waals surface area (Å²) in [5, 5.41) is 11.9. The van der Waals surface area contributed by atoms with E-state index in [4.69, 9.17) is 10.5 Å². The van der Waals surface area contributed by atoms with Crippen molar-refractivity contribution in [3.8, 4) is 11.4 Å². The Hall–Kier alpha value is -3.24. The standard InChI is InChI=1S/C19H20N6O3S/c1-28-11-10-25-18(14-6-8-21-9-7-14)23-24-19(25)29-12-16(26)22-15-4-2-13(3-5-15)17(20)27/h2-9H,10-12H2,1H3,(H2,20,27)(H,22,26). The van der Waals surface area contributed by atoms with E-state index in [1.54, 1.807) is 43.8 Å². The highest BCUT2D eigenvalue weighted by atomic mass is 32.2. The van der Waals surface area contributed by atoms with Crippen LogP contribution in [0.15, 0.2) is 53.9 Å². The maximum Gasteiger partial charge on any atom is 0.248 e. The van der Waals surface area contributed by atoms with E-state index in [-0.39, 0.29) is 11.7 Å². The van der Waals surface area contributed by atoms with E-state index in [9.17, 15) is 9.59 Å². The third-order valence-electron chi connectivity index (χ3n) is 3.96. The number of thioether (sulfide) groups is 1. The summed E-state index contributed by atoms with van der Waals surface area (Å²) in [6.45, 7) is 1.04. The number of hydrogen-bond donors (Lipinski definition) is 2. The minimum atomic E-state index is -0.515. The molecule has 2 heterocycles. The molecule has 9 nitrogen and oxygen atoms in total. The van der Waals surface area contributed by atoms with Crippen molar-refractivity contribution in [2.75, 3.05) is 24.8 Å². The van der Waals surface area contributed by atoms with Crippen molar-refractivity contribution < 1.29 is 14.3 Å². The van der Waals surface area contributed by atoms with Crippen LogP contribution >= 0.6 is 11.8 Å². The van der Waals surface area contributed by atoms with Crippen molar-refractivity contribution in [1.82, 2.24) is 19.7 Å². The minimum absolute atomic E-state index is 0.152. The molecule has 0 spiro atoms. The molecule has 29 heavy (non-hydrogen) atoms. The van der Waals surface area contributed by atoms with Gasteiger partial charge in [-0.25, -0.2) is 0 Å². The Morgan fingerprint density at radius 1 is 1.14 bits per heavy atom. The minimum Gasteiger partial charge on any atom is -0.383 e. The number of rotatable bonds is 9. The van der Waals surface area contributed by atoms with E-state index in [0.717, 1.165) is 5.56 Å². The monoisotopic (exact) mass is 412 g/mol. The van der Waals surface area contributed by atoms with Gasteiger partial charge in [-0.1, -0.05) is 11.8 Å². The van der Waals surface area contributed by atoms with Crippen molar-refractivity contribution in [3.05, 3.63) is 54.4 Å². The number of nitrogens with zero attached hydrogens (tertiary/aromatic N) is 4. The lowest BCUT2D eigenvalue weighted by Gasteiger charge is -2.10. The fourth-order valence-corrected chi connectivity index (χ4v) is 3.30. The number of ether oxygens (including phenoxy) is 1. The second kappa shape index (κ2) is 9.80. The number of primary amides is 1. The number of nitrogens with two attached hydrogens (primary N) is 1. The second-order valence-corrected chi connectivity index (χ2v) is 6.91. The molecule has 0 bridgehead atoms. The van der Waals surface area contributed by atoms with Crippen molar-refractivity contribution in [3.63, 3.8) is 0 Å². The third-order valence-corrected chi connectivity index (χ3v) is 4.93. The lowest BCUT2D eigenvalue weighted by Crippen LogP contribution is -2.16. The maximum absolute atomic E-state index is 12.3. The van der Waals surface area contributed by atoms with Crippen LogP contribution in [0.4, 0.5) is 5.69 Å². The Bertz CT molecular complexity index is 975. The molecule has 2 aromatic heterocycles. The number of benzene rings is 1. The van der Waals surface area contributed by atoms with Crippen LogP contribution in [0.3, 0.4) is 0 Å². The number of anilines is 1. The summed E-state index contributed by atoms with van der Waals surface area (Å²) in [6, 6.07) is 10.1. The molecule has 0 atom stereocenters. The zero-order chi connectivity index (χ0) is 20.6. The quantitative estimate of drug-likeness (QED) is 0.514. The first-order valence-electron chi connectivity index (χ1n) is 8.73. The summed E-state index contributed by atoms with van der Waals surface area (Å²) in [7, 11) is 1.63. The fourth-order valence-electron chi connectivity index (χ4n) is 2.54. The largest absolute Gasteiger partial charge is 0.383 e. The fraction of sp³-hybridized carbons (Fsp3) is 0.211. The molecule has 10 heteroatoms. The van der Waals surface area contributed by atoms with Crippen LogP contribution in [0.1, 0.15) is 10.4 Å². The zero-order valence-corrected chi connectivity index (χ0v) is 16.6. The molecule has 0 radical (unpaired) electrons. The molecule has 0 unspecified atom stereocenters. The molecule has 0 aliphatic rings. The lowest BCUT2D eigenvalue weighted by molar-refractivity contribution is -0.113. The van der Waals surface area contributed by atoms with Crippen LogP contribution < -0.4 is 11.1 Å². The van der Waals surface area contributed by atoms with E-state index in [0.29, 0.717) is 35.4 Å². The van der Waals surface area contributed by atoms with Crippen LogP contribution in [-0.4, -0.2) is 51.0 Å². The van der Waals surface area contributed by atoms with Gasteiger partial charge in [0.15, 0.2) is 11.0 Å². The molecule has 150 valence electrons. The number of amides is 2. The molecule has 0 saturated carbocycles. The van der Waals surface area contributed by atoms with Gasteiger partial charge in [0.05, 0.1) is 18.9 Å². The number of hydrogen-bond acceptors (Lipinski definition) is 7. The SMILES string of the molecule is COCCn1c(SCC(=O)Nc2ccc(C(N)=O)cc2)nnc1-c1ccncc1. The molecular formula is C19H20N6O3S. The van der Waals surface area contributed by atoms with E-state index < -0.39 is 5.91 Å². The Kier molecular flexibility index (Phi) is 6.93. The van der Waals surface area contributed by atoms with Crippen molar-refractivity contribution >= 4 is 29.3 Å². The van der Waals surface area contributed by atoms with Crippen molar-refractivity contribution in [2.24, 2.45) is 5.73 Å². The van der Waals surface area contributed by atoms with Crippen molar-refractivity contribution in [1.29, 1.82) is 0 Å². The van der Waals surface area contributed by atoms with Gasteiger partial charge < -0.3 is 15.8 Å². The Balaban J connectivity index is 1.67. The summed E-state index contributed by atoms with van der Waals surface area (Å²) in [6.07, 6.45) is 3.38. The molecule has 1 aromatic carbocycles. The van der Waals surface area contributed by atoms with Gasteiger partial charge in [-0.15, -0.1) is 10.2 Å². The smallest absolute Gasteiger partial charge is 0.248 e. The van der Waals surface area contributed by atoms with E-state index in [2.05, 4.69) is 20.5 Å². The molecule has 0 fully saturated rings. The van der Waals surface area contributed by atoms with Crippen LogP contribution in [0.2, 0.25) is 0 Å². The maximum atomic E-state index is 12.3. The summed E-state index contributed by atoms with van der Waals surface area (Å²) >= 11 is 1.28. The molecule has 2 amide bonds. The molecule has 3 aromatic rings. The average Bonchev–Trinajstić information content (AvgIpc) is 3.14. The predicted molar refractivity (Wildman–Crippen MR) is 109 cm³/mol. The van der Waals surface area contributed by atoms with Crippen LogP contribution in [0.25, 0.3) is 11.4 Å². The first-order chi connectivity index (χ1) is 14.1. The second-order valence-electron chi connectivity index (χ2n) is 5.96. The summed E-state index contributed by atoms with van der Waals surface area (Å²) in [4.78, 5) is 27.4. The highest BCUT2D eigenvalue weighted by Gasteiger charge is 2.15. The predicted octanol–water partition coefficient (Wildman–Crippen LogP) is 1.82. The Morgan fingerprint density at radius 3 is 2.52 bits per heavy atom. The van der Waals surface area contributed by atoms with Gasteiger partial charge in [0, 0.05) is 36.3 Å². The van der Waals surface area contributed by atoms with Crippen LogP contribution in [-0.2, 0) is 16.1 Å². The molecule has 0 aliphatic carbocycles. The Labute approximate surface area is 171 Å². The molecule has 3 N–H and O–H groups in total. The van der Waals surface area contributed by atoms with Gasteiger partial charge >= 0.3 is 0 Å². The van der Waals surface area contributed by atoms with Gasteiger partial charge in [0.2, 0.25) is 11.8 Å². The first-order valence-corrected chi connectivity index (χ1v) is 9.72. The number of methoxy groups -OCH3 is 1. The normalized spacial score (nSPS) is 10.7. The third kappa shape index (κ3) is 5.39. The van der Waals surface area contributed by atoms with Gasteiger partial charge in [-0.05, 0) is 36.4 Å². The van der Waals surface area contributed by atoms with E-state index in [1.807, 2.05) is 16.7 Å².